The molecule has 0 aliphatic heterocycles. The smallest absolute Gasteiger partial charge is 0.326 e. The van der Waals surface area contributed by atoms with Crippen LogP contribution in [0.5, 0.6) is 0 Å². The third-order valence-corrected chi connectivity index (χ3v) is 2.02. The van der Waals surface area contributed by atoms with Gasteiger partial charge < -0.3 is 24.5 Å². The van der Waals surface area contributed by atoms with Crippen LogP contribution < -0.4 is 0 Å². The van der Waals surface area contributed by atoms with Gasteiger partial charge in [0, 0.05) is 44.8 Å². The second-order valence-corrected chi connectivity index (χ2v) is 4.30. The Morgan fingerprint density at radius 3 is 1.52 bits per heavy atom. The standard InChI is InChI=1S/C12H20N2O9/c1-8(16)20-13(21-9(2)17)7-12(5-6-15)14(22-10(3)18)23-11(4)19/h12,15H,5-7H2,1-4H3. The van der Waals surface area contributed by atoms with E-state index in [4.69, 9.17) is 14.8 Å². The van der Waals surface area contributed by atoms with Gasteiger partial charge in [-0.25, -0.2) is 0 Å². The molecule has 0 aliphatic carbocycles. The molecule has 11 nitrogen and oxygen atoms in total. The molecule has 0 fully saturated rings. The third-order valence-electron chi connectivity index (χ3n) is 2.02. The molecule has 1 atom stereocenters. The number of carbonyl (C=O) groups excluding carboxylic acids is 4. The van der Waals surface area contributed by atoms with Gasteiger partial charge in [-0.1, -0.05) is 0 Å². The van der Waals surface area contributed by atoms with Crippen LogP contribution in [-0.4, -0.2) is 58.6 Å². The maximum absolute atomic E-state index is 11.1. The Bertz CT molecular complexity index is 408. The molecule has 0 bridgehead atoms. The van der Waals surface area contributed by atoms with Crippen LogP contribution in [0.15, 0.2) is 0 Å². The van der Waals surface area contributed by atoms with Crippen molar-refractivity contribution in [1.29, 1.82) is 0 Å². The largest absolute Gasteiger partial charge is 0.396 e. The summed E-state index contributed by atoms with van der Waals surface area (Å²) in [5, 5.41) is 10.2. The van der Waals surface area contributed by atoms with E-state index in [-0.39, 0.29) is 19.6 Å². The first kappa shape index (κ1) is 20.8. The van der Waals surface area contributed by atoms with E-state index in [0.717, 1.165) is 27.7 Å². The van der Waals surface area contributed by atoms with Gasteiger partial charge in [0.25, 0.3) is 0 Å². The summed E-state index contributed by atoms with van der Waals surface area (Å²) in [6, 6.07) is -0.980. The first-order chi connectivity index (χ1) is 10.6. The van der Waals surface area contributed by atoms with Gasteiger partial charge in [0.1, 0.15) is 6.04 Å². The summed E-state index contributed by atoms with van der Waals surface area (Å²) in [7, 11) is 0. The van der Waals surface area contributed by atoms with Crippen LogP contribution in [0.2, 0.25) is 0 Å². The molecule has 0 saturated carbocycles. The molecule has 0 rings (SSSR count). The SMILES string of the molecule is CC(=O)ON(CC(CCO)N(OC(C)=O)OC(C)=O)OC(C)=O. The van der Waals surface area contributed by atoms with Crippen molar-refractivity contribution in [2.45, 2.75) is 40.2 Å². The first-order valence-corrected chi connectivity index (χ1v) is 6.57. The Kier molecular flexibility index (Phi) is 9.46. The van der Waals surface area contributed by atoms with Crippen LogP contribution in [0.4, 0.5) is 0 Å². The molecule has 11 heteroatoms. The van der Waals surface area contributed by atoms with E-state index in [1.165, 1.54) is 0 Å². The van der Waals surface area contributed by atoms with E-state index >= 15 is 0 Å². The predicted molar refractivity (Wildman–Crippen MR) is 71.1 cm³/mol. The Hall–Kier alpha value is -2.24. The molecule has 0 spiro atoms. The van der Waals surface area contributed by atoms with Gasteiger partial charge in [-0.2, -0.15) is 0 Å². The molecule has 0 aromatic heterocycles. The van der Waals surface area contributed by atoms with Crippen molar-refractivity contribution in [3.8, 4) is 0 Å². The Morgan fingerprint density at radius 1 is 0.826 bits per heavy atom. The summed E-state index contributed by atoms with van der Waals surface area (Å²) in [5.41, 5.74) is 0. The summed E-state index contributed by atoms with van der Waals surface area (Å²) in [6.45, 7) is 3.56. The van der Waals surface area contributed by atoms with E-state index in [1.54, 1.807) is 0 Å². The summed E-state index contributed by atoms with van der Waals surface area (Å²) < 4.78 is 0. The number of nitrogens with zero attached hydrogens (tertiary/aromatic N) is 2. The molecule has 1 N–H and O–H groups in total. The van der Waals surface area contributed by atoms with Crippen molar-refractivity contribution < 1.29 is 43.6 Å². The van der Waals surface area contributed by atoms with Gasteiger partial charge in [-0.15, -0.1) is 0 Å². The fraction of sp³-hybridized carbons (Fsp3) is 0.667. The zero-order valence-electron chi connectivity index (χ0n) is 13.3. The fourth-order valence-electron chi connectivity index (χ4n) is 1.39. The number of rotatable bonds is 9. The first-order valence-electron chi connectivity index (χ1n) is 6.57. The quantitative estimate of drug-likeness (QED) is 0.533. The summed E-state index contributed by atoms with van der Waals surface area (Å²) in [6.07, 6.45) is -0.0560. The van der Waals surface area contributed by atoms with Crippen LogP contribution in [0, 0.1) is 0 Å². The van der Waals surface area contributed by atoms with E-state index < -0.39 is 29.9 Å². The van der Waals surface area contributed by atoms with E-state index in [0.29, 0.717) is 10.5 Å². The lowest BCUT2D eigenvalue weighted by Crippen LogP contribution is -2.46. The van der Waals surface area contributed by atoms with Crippen molar-refractivity contribution in [2.75, 3.05) is 13.2 Å². The number of aliphatic hydroxyl groups is 1. The normalized spacial score (nSPS) is 11.8. The maximum Gasteiger partial charge on any atom is 0.326 e. The second kappa shape index (κ2) is 10.5. The highest BCUT2D eigenvalue weighted by Gasteiger charge is 2.30. The Labute approximate surface area is 132 Å². The van der Waals surface area contributed by atoms with Crippen molar-refractivity contribution in [3.63, 3.8) is 0 Å². The lowest BCUT2D eigenvalue weighted by atomic mass is 10.2. The zero-order valence-corrected chi connectivity index (χ0v) is 13.3. The minimum absolute atomic E-state index is 0.0560. The van der Waals surface area contributed by atoms with Gasteiger partial charge in [0.2, 0.25) is 0 Å². The van der Waals surface area contributed by atoms with Crippen molar-refractivity contribution >= 4 is 23.9 Å². The van der Waals surface area contributed by atoms with Gasteiger partial charge >= 0.3 is 23.9 Å². The van der Waals surface area contributed by atoms with Crippen LogP contribution in [0.3, 0.4) is 0 Å². The minimum Gasteiger partial charge on any atom is -0.396 e. The number of carbonyl (C=O) groups is 4. The summed E-state index contributed by atoms with van der Waals surface area (Å²) >= 11 is 0. The van der Waals surface area contributed by atoms with Crippen molar-refractivity contribution in [3.05, 3.63) is 0 Å². The molecular weight excluding hydrogens is 316 g/mol. The molecule has 0 saturated heterocycles. The van der Waals surface area contributed by atoms with E-state index in [9.17, 15) is 19.2 Å². The summed E-state index contributed by atoms with van der Waals surface area (Å²) in [5.74, 6) is -3.14. The zero-order chi connectivity index (χ0) is 18.0. The van der Waals surface area contributed by atoms with Crippen molar-refractivity contribution in [1.82, 2.24) is 10.5 Å². The highest BCUT2D eigenvalue weighted by atomic mass is 17.0. The molecule has 0 aliphatic rings. The third kappa shape index (κ3) is 10.2. The van der Waals surface area contributed by atoms with Crippen LogP contribution in [0.1, 0.15) is 34.1 Å². The molecule has 1 unspecified atom stereocenters. The van der Waals surface area contributed by atoms with E-state index in [2.05, 4.69) is 9.68 Å². The van der Waals surface area contributed by atoms with Gasteiger partial charge in [-0.3, -0.25) is 19.2 Å². The Morgan fingerprint density at radius 2 is 1.22 bits per heavy atom. The van der Waals surface area contributed by atoms with Gasteiger partial charge in [-0.05, 0) is 6.42 Å². The highest BCUT2D eigenvalue weighted by molar-refractivity contribution is 5.67. The highest BCUT2D eigenvalue weighted by Crippen LogP contribution is 2.11. The summed E-state index contributed by atoms with van der Waals surface area (Å²) in [4.78, 5) is 62.9. The minimum atomic E-state index is -0.980. The number of hydroxylamine groups is 4. The molecule has 0 amide bonds. The second-order valence-electron chi connectivity index (χ2n) is 4.30. The average molecular weight is 336 g/mol. The Balaban J connectivity index is 5.17. The number of hydrogen-bond donors (Lipinski definition) is 1. The fourth-order valence-corrected chi connectivity index (χ4v) is 1.39. The maximum atomic E-state index is 11.1. The van der Waals surface area contributed by atoms with Crippen LogP contribution >= 0.6 is 0 Å². The number of hydrogen-bond acceptors (Lipinski definition) is 11. The van der Waals surface area contributed by atoms with Gasteiger partial charge in [0.15, 0.2) is 0 Å². The number of aliphatic hydroxyl groups excluding tert-OH is 1. The molecule has 0 radical (unpaired) electrons. The van der Waals surface area contributed by atoms with Crippen molar-refractivity contribution in [2.24, 2.45) is 0 Å². The molecule has 0 aromatic rings. The van der Waals surface area contributed by atoms with Crippen LogP contribution in [-0.2, 0) is 38.5 Å². The lowest BCUT2D eigenvalue weighted by molar-refractivity contribution is -0.373. The predicted octanol–water partition coefficient (Wildman–Crippen LogP) is -0.746. The molecule has 132 valence electrons. The lowest BCUT2D eigenvalue weighted by Gasteiger charge is -2.29. The molecule has 0 aromatic carbocycles. The molecular formula is C12H20N2O9. The molecule has 23 heavy (non-hydrogen) atoms. The van der Waals surface area contributed by atoms with Crippen LogP contribution in [0.25, 0.3) is 0 Å². The molecule has 0 heterocycles. The topological polar surface area (TPSA) is 132 Å². The van der Waals surface area contributed by atoms with Gasteiger partial charge in [0.05, 0.1) is 6.54 Å². The monoisotopic (exact) mass is 336 g/mol. The van der Waals surface area contributed by atoms with E-state index in [1.807, 2.05) is 0 Å². The average Bonchev–Trinajstić information content (AvgIpc) is 2.34.